The van der Waals surface area contributed by atoms with E-state index in [2.05, 4.69) is 10.3 Å². The van der Waals surface area contributed by atoms with Crippen molar-refractivity contribution in [3.8, 4) is 17.2 Å². The molecule has 1 aliphatic rings. The number of nitrogens with zero attached hydrogens (tertiary/aromatic N) is 1. The summed E-state index contributed by atoms with van der Waals surface area (Å²) in [7, 11) is 6.01. The lowest BCUT2D eigenvalue weighted by Gasteiger charge is -2.31. The van der Waals surface area contributed by atoms with E-state index in [0.717, 1.165) is 5.39 Å². The Balaban J connectivity index is 1.78. The first-order valence-electron chi connectivity index (χ1n) is 8.97. The highest BCUT2D eigenvalue weighted by Gasteiger charge is 2.26. The topological polar surface area (TPSA) is 102 Å². The number of amides is 2. The second kappa shape index (κ2) is 8.28. The summed E-state index contributed by atoms with van der Waals surface area (Å²) in [6.45, 7) is 1.09. The summed E-state index contributed by atoms with van der Waals surface area (Å²) in [5.74, 6) is 1.37. The third-order valence-electron chi connectivity index (χ3n) is 4.95. The predicted octanol–water partition coefficient (Wildman–Crippen LogP) is 2.15. The van der Waals surface area contributed by atoms with E-state index in [1.54, 1.807) is 38.4 Å². The minimum absolute atomic E-state index is 0.0156. The molecule has 1 fully saturated rings. The van der Waals surface area contributed by atoms with Crippen molar-refractivity contribution < 1.29 is 28.5 Å². The number of fused-ring (bicyclic) bond motifs is 1. The number of likely N-dealkylation sites (tertiary alicyclic amines) is 1. The largest absolute Gasteiger partial charge is 0.496 e. The van der Waals surface area contributed by atoms with E-state index in [9.17, 15) is 9.59 Å². The number of carbonyl (C=O) groups is 2. The van der Waals surface area contributed by atoms with E-state index in [4.69, 9.17) is 18.9 Å². The molecule has 9 heteroatoms. The number of benzene rings is 1. The van der Waals surface area contributed by atoms with Crippen LogP contribution in [0, 0.1) is 0 Å². The third-order valence-corrected chi connectivity index (χ3v) is 4.95. The van der Waals surface area contributed by atoms with E-state index in [0.29, 0.717) is 54.4 Å². The molecule has 0 aliphatic carbocycles. The van der Waals surface area contributed by atoms with Gasteiger partial charge >= 0.3 is 6.09 Å². The van der Waals surface area contributed by atoms with Crippen LogP contribution in [0.3, 0.4) is 0 Å². The van der Waals surface area contributed by atoms with Gasteiger partial charge in [0.05, 0.1) is 34.0 Å². The number of ether oxygens (including phenoxy) is 4. The van der Waals surface area contributed by atoms with Crippen molar-refractivity contribution in [3.63, 3.8) is 0 Å². The molecule has 152 valence electrons. The number of nitrogens with one attached hydrogen (secondary N) is 2. The summed E-state index contributed by atoms with van der Waals surface area (Å²) in [6.07, 6.45) is 0.997. The van der Waals surface area contributed by atoms with Crippen molar-refractivity contribution in [3.05, 3.63) is 17.8 Å². The normalized spacial score (nSPS) is 14.6. The van der Waals surface area contributed by atoms with Gasteiger partial charge in [-0.15, -0.1) is 0 Å². The minimum atomic E-state index is -0.339. The molecule has 2 N–H and O–H groups in total. The highest BCUT2D eigenvalue weighted by molar-refractivity contribution is 6.02. The monoisotopic (exact) mass is 391 g/mol. The van der Waals surface area contributed by atoms with Crippen LogP contribution in [0.15, 0.2) is 12.1 Å². The van der Waals surface area contributed by atoms with Crippen molar-refractivity contribution in [1.29, 1.82) is 0 Å². The van der Waals surface area contributed by atoms with Crippen LogP contribution in [-0.2, 0) is 4.74 Å². The zero-order valence-electron chi connectivity index (χ0n) is 16.5. The molecule has 0 radical (unpaired) electrons. The van der Waals surface area contributed by atoms with Gasteiger partial charge in [0.15, 0.2) is 11.5 Å². The van der Waals surface area contributed by atoms with E-state index < -0.39 is 0 Å². The number of methoxy groups -OCH3 is 4. The zero-order valence-corrected chi connectivity index (χ0v) is 16.5. The van der Waals surface area contributed by atoms with Gasteiger partial charge in [-0.1, -0.05) is 0 Å². The van der Waals surface area contributed by atoms with Crippen LogP contribution in [0.2, 0.25) is 0 Å². The number of carbonyl (C=O) groups excluding carboxylic acids is 2. The average Bonchev–Trinajstić information content (AvgIpc) is 3.17. The van der Waals surface area contributed by atoms with Crippen LogP contribution in [0.1, 0.15) is 23.3 Å². The Hall–Kier alpha value is -3.10. The Morgan fingerprint density at radius 3 is 2.29 bits per heavy atom. The Morgan fingerprint density at radius 1 is 1.04 bits per heavy atom. The van der Waals surface area contributed by atoms with Gasteiger partial charge in [0.25, 0.3) is 5.91 Å². The van der Waals surface area contributed by atoms with Crippen LogP contribution in [0.25, 0.3) is 10.9 Å². The average molecular weight is 391 g/mol. The molecule has 1 aliphatic heterocycles. The highest BCUT2D eigenvalue weighted by atomic mass is 16.5. The maximum absolute atomic E-state index is 12.7. The highest BCUT2D eigenvalue weighted by Crippen LogP contribution is 2.41. The molecule has 9 nitrogen and oxygen atoms in total. The molecule has 0 unspecified atom stereocenters. The first-order valence-corrected chi connectivity index (χ1v) is 8.97. The SMILES string of the molecule is COC(=O)N1CCC(NC(=O)c2cc3c(OC)cc(OC)c(OC)c3[nH]2)CC1. The lowest BCUT2D eigenvalue weighted by molar-refractivity contribution is 0.0888. The summed E-state index contributed by atoms with van der Waals surface area (Å²) < 4.78 is 20.9. The zero-order chi connectivity index (χ0) is 20.3. The van der Waals surface area contributed by atoms with Crippen LogP contribution in [0.5, 0.6) is 17.2 Å². The minimum Gasteiger partial charge on any atom is -0.496 e. The van der Waals surface area contributed by atoms with Crippen LogP contribution in [-0.4, -0.2) is 69.5 Å². The Bertz CT molecular complexity index is 870. The molecule has 1 aromatic carbocycles. The summed E-state index contributed by atoms with van der Waals surface area (Å²) >= 11 is 0. The van der Waals surface area contributed by atoms with Crippen LogP contribution < -0.4 is 19.5 Å². The number of aromatic nitrogens is 1. The molecule has 1 aromatic heterocycles. The van der Waals surface area contributed by atoms with Crippen molar-refractivity contribution in [2.24, 2.45) is 0 Å². The van der Waals surface area contributed by atoms with Crippen molar-refractivity contribution in [2.45, 2.75) is 18.9 Å². The fourth-order valence-electron chi connectivity index (χ4n) is 3.46. The van der Waals surface area contributed by atoms with Gasteiger partial charge in [0.1, 0.15) is 11.4 Å². The lowest BCUT2D eigenvalue weighted by Crippen LogP contribution is -2.46. The molecular weight excluding hydrogens is 366 g/mol. The number of hydrogen-bond donors (Lipinski definition) is 2. The van der Waals surface area contributed by atoms with E-state index >= 15 is 0 Å². The second-order valence-corrected chi connectivity index (χ2v) is 6.49. The maximum atomic E-state index is 12.7. The number of hydrogen-bond acceptors (Lipinski definition) is 6. The summed E-state index contributed by atoms with van der Waals surface area (Å²) in [5, 5.41) is 3.74. The van der Waals surface area contributed by atoms with Gasteiger partial charge < -0.3 is 34.1 Å². The van der Waals surface area contributed by atoms with Gasteiger partial charge in [-0.05, 0) is 18.9 Å². The number of rotatable bonds is 5. The Kier molecular flexibility index (Phi) is 5.81. The van der Waals surface area contributed by atoms with Gasteiger partial charge in [-0.25, -0.2) is 4.79 Å². The summed E-state index contributed by atoms with van der Waals surface area (Å²) in [5.41, 5.74) is 1.03. The Labute approximate surface area is 162 Å². The molecule has 1 saturated heterocycles. The van der Waals surface area contributed by atoms with Crippen molar-refractivity contribution in [1.82, 2.24) is 15.2 Å². The molecule has 2 aromatic rings. The van der Waals surface area contributed by atoms with Gasteiger partial charge in [-0.3, -0.25) is 4.79 Å². The van der Waals surface area contributed by atoms with E-state index in [1.165, 1.54) is 7.11 Å². The number of piperidine rings is 1. The van der Waals surface area contributed by atoms with Crippen molar-refractivity contribution >= 4 is 22.9 Å². The van der Waals surface area contributed by atoms with Gasteiger partial charge in [0, 0.05) is 30.6 Å². The quantitative estimate of drug-likeness (QED) is 0.810. The molecule has 0 bridgehead atoms. The lowest BCUT2D eigenvalue weighted by atomic mass is 10.1. The molecule has 3 rings (SSSR count). The molecule has 28 heavy (non-hydrogen) atoms. The predicted molar refractivity (Wildman–Crippen MR) is 102 cm³/mol. The number of aromatic amines is 1. The van der Waals surface area contributed by atoms with E-state index in [-0.39, 0.29) is 18.0 Å². The molecule has 2 amide bonds. The van der Waals surface area contributed by atoms with Crippen molar-refractivity contribution in [2.75, 3.05) is 41.5 Å². The fraction of sp³-hybridized carbons (Fsp3) is 0.474. The second-order valence-electron chi connectivity index (χ2n) is 6.49. The standard InChI is InChI=1S/C19H25N3O6/c1-25-14-10-15(26-2)17(27-3)16-12(14)9-13(21-16)18(23)20-11-5-7-22(8-6-11)19(24)28-4/h9-11,21H,5-8H2,1-4H3,(H,20,23). The summed E-state index contributed by atoms with van der Waals surface area (Å²) in [6, 6.07) is 3.44. The van der Waals surface area contributed by atoms with Crippen LogP contribution >= 0.6 is 0 Å². The van der Waals surface area contributed by atoms with Gasteiger partial charge in [0.2, 0.25) is 0 Å². The maximum Gasteiger partial charge on any atom is 0.409 e. The van der Waals surface area contributed by atoms with Gasteiger partial charge in [-0.2, -0.15) is 0 Å². The molecule has 2 heterocycles. The third kappa shape index (κ3) is 3.64. The fourth-order valence-corrected chi connectivity index (χ4v) is 3.46. The smallest absolute Gasteiger partial charge is 0.409 e. The molecule has 0 atom stereocenters. The first-order chi connectivity index (χ1) is 13.5. The number of H-pyrrole nitrogens is 1. The van der Waals surface area contributed by atoms with E-state index in [1.807, 2.05) is 0 Å². The Morgan fingerprint density at radius 2 is 1.71 bits per heavy atom. The molecular formula is C19H25N3O6. The molecule has 0 spiro atoms. The first kappa shape index (κ1) is 19.7. The van der Waals surface area contributed by atoms with Crippen LogP contribution in [0.4, 0.5) is 4.79 Å². The summed E-state index contributed by atoms with van der Waals surface area (Å²) in [4.78, 5) is 29.1. The molecule has 0 saturated carbocycles.